The Morgan fingerprint density at radius 3 is 2.39 bits per heavy atom. The summed E-state index contributed by atoms with van der Waals surface area (Å²) >= 11 is 0. The quantitative estimate of drug-likeness (QED) is 0.754. The van der Waals surface area contributed by atoms with E-state index in [4.69, 9.17) is 4.74 Å². The van der Waals surface area contributed by atoms with E-state index in [-0.39, 0.29) is 0 Å². The first-order valence-electron chi connectivity index (χ1n) is 7.90. The first kappa shape index (κ1) is 16.9. The fourth-order valence-corrected chi connectivity index (χ4v) is 2.68. The molecule has 0 aliphatic carbocycles. The Balaban J connectivity index is 2.10. The number of nitrogens with one attached hydrogen (secondary N) is 1. The molecule has 1 aromatic carbocycles. The standard InChI is InChI=1S/C18H23N3O2/c1-4-8-16(15-9-6-5-7-10-15)11-19-18-20-13(2)17(23-12-22)14(3)21-18/h5-7,9-10,12,16H,4,8,11H2,1-3H3,(H,19,20,21). The molecule has 5 nitrogen and oxygen atoms in total. The van der Waals surface area contributed by atoms with Crippen LogP contribution in [0.1, 0.15) is 42.6 Å². The zero-order valence-corrected chi connectivity index (χ0v) is 13.9. The van der Waals surface area contributed by atoms with E-state index in [0.29, 0.717) is 35.5 Å². The summed E-state index contributed by atoms with van der Waals surface area (Å²) in [5.41, 5.74) is 2.62. The third kappa shape index (κ3) is 4.52. The molecular weight excluding hydrogens is 290 g/mol. The van der Waals surface area contributed by atoms with Gasteiger partial charge in [-0.25, -0.2) is 9.97 Å². The molecule has 1 atom stereocenters. The third-order valence-corrected chi connectivity index (χ3v) is 3.79. The summed E-state index contributed by atoms with van der Waals surface area (Å²) in [6.45, 7) is 6.97. The Kier molecular flexibility index (Phi) is 6.09. The summed E-state index contributed by atoms with van der Waals surface area (Å²) in [4.78, 5) is 19.3. The maximum absolute atomic E-state index is 10.5. The van der Waals surface area contributed by atoms with Gasteiger partial charge in [0.2, 0.25) is 5.95 Å². The molecule has 0 aliphatic rings. The van der Waals surface area contributed by atoms with Crippen LogP contribution < -0.4 is 10.1 Å². The van der Waals surface area contributed by atoms with Crippen molar-refractivity contribution in [2.45, 2.75) is 39.5 Å². The average molecular weight is 313 g/mol. The zero-order valence-electron chi connectivity index (χ0n) is 13.9. The number of hydrogen-bond donors (Lipinski definition) is 1. The molecule has 1 heterocycles. The second-order valence-electron chi connectivity index (χ2n) is 5.54. The van der Waals surface area contributed by atoms with Crippen molar-refractivity contribution in [3.05, 3.63) is 47.3 Å². The molecule has 1 N–H and O–H groups in total. The van der Waals surface area contributed by atoms with Crippen LogP contribution in [-0.2, 0) is 4.79 Å². The first-order valence-corrected chi connectivity index (χ1v) is 7.90. The van der Waals surface area contributed by atoms with Gasteiger partial charge in [0.15, 0.2) is 5.75 Å². The minimum absolute atomic E-state index is 0.401. The molecule has 0 saturated heterocycles. The minimum Gasteiger partial charge on any atom is -0.425 e. The molecular formula is C18H23N3O2. The van der Waals surface area contributed by atoms with Crippen LogP contribution in [0, 0.1) is 13.8 Å². The molecule has 1 aromatic heterocycles. The molecule has 5 heteroatoms. The fourth-order valence-electron chi connectivity index (χ4n) is 2.68. The SMILES string of the molecule is CCCC(CNc1nc(C)c(OC=O)c(C)n1)c1ccccc1. The van der Waals surface area contributed by atoms with E-state index in [2.05, 4.69) is 46.5 Å². The van der Waals surface area contributed by atoms with Gasteiger partial charge in [-0.2, -0.15) is 0 Å². The van der Waals surface area contributed by atoms with Gasteiger partial charge in [-0.1, -0.05) is 43.7 Å². The third-order valence-electron chi connectivity index (χ3n) is 3.79. The van der Waals surface area contributed by atoms with Crippen LogP contribution >= 0.6 is 0 Å². The van der Waals surface area contributed by atoms with E-state index in [9.17, 15) is 4.79 Å². The predicted molar refractivity (Wildman–Crippen MR) is 90.8 cm³/mol. The number of rotatable bonds is 8. The fraction of sp³-hybridized carbons (Fsp3) is 0.389. The molecule has 0 aliphatic heterocycles. The number of carbonyl (C=O) groups is 1. The summed E-state index contributed by atoms with van der Waals surface area (Å²) in [5.74, 6) is 1.41. The Labute approximate surface area is 137 Å². The van der Waals surface area contributed by atoms with Crippen LogP contribution in [0.15, 0.2) is 30.3 Å². The molecule has 0 amide bonds. The van der Waals surface area contributed by atoms with Crippen molar-refractivity contribution < 1.29 is 9.53 Å². The van der Waals surface area contributed by atoms with E-state index in [1.54, 1.807) is 13.8 Å². The maximum Gasteiger partial charge on any atom is 0.298 e. The van der Waals surface area contributed by atoms with E-state index in [1.165, 1.54) is 5.56 Å². The molecule has 2 aromatic rings. The van der Waals surface area contributed by atoms with Gasteiger partial charge in [-0.15, -0.1) is 0 Å². The number of carbonyl (C=O) groups excluding carboxylic acids is 1. The lowest BCUT2D eigenvalue weighted by Crippen LogP contribution is -2.15. The number of benzene rings is 1. The smallest absolute Gasteiger partial charge is 0.298 e. The van der Waals surface area contributed by atoms with Crippen molar-refractivity contribution in [2.24, 2.45) is 0 Å². The predicted octanol–water partition coefficient (Wildman–Crippen LogP) is 3.62. The largest absolute Gasteiger partial charge is 0.425 e. The molecule has 0 bridgehead atoms. The van der Waals surface area contributed by atoms with Crippen molar-refractivity contribution in [3.63, 3.8) is 0 Å². The minimum atomic E-state index is 0.401. The van der Waals surface area contributed by atoms with Crippen LogP contribution in [0.4, 0.5) is 5.95 Å². The van der Waals surface area contributed by atoms with Crippen molar-refractivity contribution in [3.8, 4) is 5.75 Å². The molecule has 2 rings (SSSR count). The Morgan fingerprint density at radius 2 is 1.83 bits per heavy atom. The highest BCUT2D eigenvalue weighted by Gasteiger charge is 2.13. The second-order valence-corrected chi connectivity index (χ2v) is 5.54. The van der Waals surface area contributed by atoms with E-state index < -0.39 is 0 Å². The Bertz CT molecular complexity index is 621. The molecule has 1 unspecified atom stereocenters. The Hall–Kier alpha value is -2.43. The monoisotopic (exact) mass is 313 g/mol. The highest BCUT2D eigenvalue weighted by molar-refractivity contribution is 5.49. The van der Waals surface area contributed by atoms with Crippen LogP contribution in [-0.4, -0.2) is 23.0 Å². The van der Waals surface area contributed by atoms with Crippen molar-refractivity contribution in [1.29, 1.82) is 0 Å². The van der Waals surface area contributed by atoms with Crippen molar-refractivity contribution in [2.75, 3.05) is 11.9 Å². The van der Waals surface area contributed by atoms with Crippen LogP contribution in [0.5, 0.6) is 5.75 Å². The van der Waals surface area contributed by atoms with E-state index in [0.717, 1.165) is 19.4 Å². The van der Waals surface area contributed by atoms with Gasteiger partial charge in [0.05, 0.1) is 11.4 Å². The number of aromatic nitrogens is 2. The number of nitrogens with zero attached hydrogens (tertiary/aromatic N) is 2. The maximum atomic E-state index is 10.5. The summed E-state index contributed by atoms with van der Waals surface area (Å²) in [6.07, 6.45) is 2.22. The Morgan fingerprint density at radius 1 is 1.17 bits per heavy atom. The lowest BCUT2D eigenvalue weighted by molar-refractivity contribution is -0.120. The second kappa shape index (κ2) is 8.27. The summed E-state index contributed by atoms with van der Waals surface area (Å²) in [7, 11) is 0. The molecule has 0 radical (unpaired) electrons. The average Bonchev–Trinajstić information content (AvgIpc) is 2.55. The van der Waals surface area contributed by atoms with Gasteiger partial charge >= 0.3 is 0 Å². The lowest BCUT2D eigenvalue weighted by atomic mass is 9.94. The summed E-state index contributed by atoms with van der Waals surface area (Å²) in [6, 6.07) is 10.5. The first-order chi connectivity index (χ1) is 11.2. The summed E-state index contributed by atoms with van der Waals surface area (Å²) < 4.78 is 4.92. The lowest BCUT2D eigenvalue weighted by Gasteiger charge is -2.18. The van der Waals surface area contributed by atoms with Gasteiger partial charge < -0.3 is 10.1 Å². The van der Waals surface area contributed by atoms with Crippen LogP contribution in [0.3, 0.4) is 0 Å². The zero-order chi connectivity index (χ0) is 16.7. The molecule has 0 spiro atoms. The highest BCUT2D eigenvalue weighted by atomic mass is 16.5. The topological polar surface area (TPSA) is 64.1 Å². The highest BCUT2D eigenvalue weighted by Crippen LogP contribution is 2.23. The number of hydrogen-bond acceptors (Lipinski definition) is 5. The number of anilines is 1. The number of ether oxygens (including phenoxy) is 1. The van der Waals surface area contributed by atoms with Gasteiger partial charge in [0.1, 0.15) is 0 Å². The normalized spacial score (nSPS) is 11.8. The van der Waals surface area contributed by atoms with Gasteiger partial charge in [0, 0.05) is 12.5 Å². The molecule has 0 saturated carbocycles. The van der Waals surface area contributed by atoms with E-state index >= 15 is 0 Å². The molecule has 122 valence electrons. The molecule has 23 heavy (non-hydrogen) atoms. The van der Waals surface area contributed by atoms with Gasteiger partial charge in [-0.05, 0) is 25.8 Å². The molecule has 0 fully saturated rings. The van der Waals surface area contributed by atoms with Gasteiger partial charge in [-0.3, -0.25) is 4.79 Å². The van der Waals surface area contributed by atoms with Crippen LogP contribution in [0.25, 0.3) is 0 Å². The number of aryl methyl sites for hydroxylation is 2. The summed E-state index contributed by atoms with van der Waals surface area (Å²) in [5, 5.41) is 3.31. The van der Waals surface area contributed by atoms with E-state index in [1.807, 2.05) is 6.07 Å². The van der Waals surface area contributed by atoms with Crippen LogP contribution in [0.2, 0.25) is 0 Å². The van der Waals surface area contributed by atoms with Gasteiger partial charge in [0.25, 0.3) is 6.47 Å². The van der Waals surface area contributed by atoms with Crippen molar-refractivity contribution in [1.82, 2.24) is 9.97 Å². The van der Waals surface area contributed by atoms with Crippen molar-refractivity contribution >= 4 is 12.4 Å².